The number of nitrogens with zero attached hydrogens (tertiary/aromatic N) is 3. The number of aryl methyl sites for hydroxylation is 1. The SMILES string of the molecule is CCC(=O)N1CCCC(C(=O)N2CC[C@H](C(=O)N(C)[C@H](C)c3cc(C(F)(F)F)cc(C(F)(F)F)c3)[C@@H](c3ccc(F)cc3C)C2)C1. The molecular formula is C33H38F7N3O3. The highest BCUT2D eigenvalue weighted by molar-refractivity contribution is 5.83. The second-order valence-corrected chi connectivity index (χ2v) is 12.3. The standard InChI is InChI=1S/C33H38F7N3O3/c1-5-29(44)42-11-6-7-21(17-42)30(45)43-12-10-27(28(18-43)26-9-8-25(34)13-19(26)2)31(46)41(4)20(3)22-14-23(32(35,36)37)16-24(15-22)33(38,39)40/h8-9,13-16,20-21,27-28H,5-7,10-12,17-18H2,1-4H3/t20-,21?,27+,28-/m1/s1. The van der Waals surface area contributed by atoms with Crippen molar-refractivity contribution in [1.82, 2.24) is 14.7 Å². The van der Waals surface area contributed by atoms with Crippen LogP contribution in [0.2, 0.25) is 0 Å². The molecule has 46 heavy (non-hydrogen) atoms. The molecule has 1 unspecified atom stereocenters. The number of likely N-dealkylation sites (tertiary alicyclic amines) is 2. The van der Waals surface area contributed by atoms with Crippen LogP contribution in [0.25, 0.3) is 0 Å². The van der Waals surface area contributed by atoms with Gasteiger partial charge in [0.15, 0.2) is 0 Å². The molecule has 0 radical (unpaired) electrons. The van der Waals surface area contributed by atoms with E-state index in [0.29, 0.717) is 55.6 Å². The molecule has 0 N–H and O–H groups in total. The lowest BCUT2D eigenvalue weighted by Gasteiger charge is -2.43. The van der Waals surface area contributed by atoms with E-state index in [-0.39, 0.29) is 43.0 Å². The minimum Gasteiger partial charge on any atom is -0.342 e. The first-order chi connectivity index (χ1) is 21.4. The Kier molecular flexibility index (Phi) is 10.4. The third-order valence-electron chi connectivity index (χ3n) is 9.32. The number of piperidine rings is 2. The molecule has 13 heteroatoms. The van der Waals surface area contributed by atoms with Crippen LogP contribution in [-0.4, -0.2) is 65.6 Å². The van der Waals surface area contributed by atoms with Gasteiger partial charge in [0.2, 0.25) is 17.7 Å². The van der Waals surface area contributed by atoms with Crippen molar-refractivity contribution in [3.8, 4) is 0 Å². The lowest BCUT2D eigenvalue weighted by molar-refractivity contribution is -0.146. The smallest absolute Gasteiger partial charge is 0.342 e. The molecule has 2 heterocycles. The number of alkyl halides is 6. The molecule has 0 saturated carbocycles. The second kappa shape index (κ2) is 13.6. The summed E-state index contributed by atoms with van der Waals surface area (Å²) in [5.41, 5.74) is -2.12. The second-order valence-electron chi connectivity index (χ2n) is 12.3. The Morgan fingerprint density at radius 1 is 0.913 bits per heavy atom. The predicted molar refractivity (Wildman–Crippen MR) is 156 cm³/mol. The lowest BCUT2D eigenvalue weighted by Crippen LogP contribution is -2.52. The topological polar surface area (TPSA) is 60.9 Å². The van der Waals surface area contributed by atoms with Crippen LogP contribution in [0.4, 0.5) is 30.7 Å². The van der Waals surface area contributed by atoms with Gasteiger partial charge in [0.25, 0.3) is 0 Å². The van der Waals surface area contributed by atoms with Gasteiger partial charge in [-0.1, -0.05) is 13.0 Å². The summed E-state index contributed by atoms with van der Waals surface area (Å²) in [5.74, 6) is -3.04. The van der Waals surface area contributed by atoms with Crippen molar-refractivity contribution in [3.63, 3.8) is 0 Å². The molecule has 0 aromatic heterocycles. The maximum absolute atomic E-state index is 14.1. The molecule has 2 saturated heterocycles. The van der Waals surface area contributed by atoms with Crippen LogP contribution >= 0.6 is 0 Å². The zero-order valence-electron chi connectivity index (χ0n) is 26.1. The Morgan fingerprint density at radius 2 is 1.54 bits per heavy atom. The van der Waals surface area contributed by atoms with Gasteiger partial charge in [0, 0.05) is 51.5 Å². The van der Waals surface area contributed by atoms with Gasteiger partial charge in [-0.3, -0.25) is 14.4 Å². The van der Waals surface area contributed by atoms with Gasteiger partial charge in [-0.05, 0) is 80.1 Å². The zero-order valence-corrected chi connectivity index (χ0v) is 26.1. The third-order valence-corrected chi connectivity index (χ3v) is 9.32. The minimum atomic E-state index is -5.04. The van der Waals surface area contributed by atoms with Crippen LogP contribution in [0.5, 0.6) is 0 Å². The zero-order chi connectivity index (χ0) is 34.1. The Morgan fingerprint density at radius 3 is 2.11 bits per heavy atom. The summed E-state index contributed by atoms with van der Waals surface area (Å²) in [6.07, 6.45) is -8.31. The number of benzene rings is 2. The monoisotopic (exact) mass is 657 g/mol. The summed E-state index contributed by atoms with van der Waals surface area (Å²) >= 11 is 0. The van der Waals surface area contributed by atoms with Crippen LogP contribution in [0.1, 0.15) is 79.3 Å². The Labute approximate surface area is 263 Å². The Balaban J connectivity index is 1.63. The Bertz CT molecular complexity index is 1430. The van der Waals surface area contributed by atoms with E-state index in [1.165, 1.54) is 32.2 Å². The fourth-order valence-electron chi connectivity index (χ4n) is 6.60. The molecule has 252 valence electrons. The fraction of sp³-hybridized carbons (Fsp3) is 0.545. The van der Waals surface area contributed by atoms with Crippen molar-refractivity contribution >= 4 is 17.7 Å². The van der Waals surface area contributed by atoms with Gasteiger partial charge < -0.3 is 14.7 Å². The van der Waals surface area contributed by atoms with Crippen molar-refractivity contribution < 1.29 is 45.1 Å². The van der Waals surface area contributed by atoms with Gasteiger partial charge in [0.1, 0.15) is 5.82 Å². The minimum absolute atomic E-state index is 0.0399. The van der Waals surface area contributed by atoms with E-state index >= 15 is 0 Å². The molecule has 6 nitrogen and oxygen atoms in total. The number of rotatable bonds is 6. The molecule has 4 atom stereocenters. The van der Waals surface area contributed by atoms with Crippen molar-refractivity contribution in [1.29, 1.82) is 0 Å². The molecule has 3 amide bonds. The maximum Gasteiger partial charge on any atom is 0.416 e. The molecular weight excluding hydrogens is 619 g/mol. The fourth-order valence-corrected chi connectivity index (χ4v) is 6.60. The number of hydrogen-bond acceptors (Lipinski definition) is 3. The van der Waals surface area contributed by atoms with Crippen molar-refractivity contribution in [2.75, 3.05) is 33.2 Å². The average Bonchev–Trinajstić information content (AvgIpc) is 3.01. The van der Waals surface area contributed by atoms with Crippen LogP contribution in [0, 0.1) is 24.6 Å². The quantitative estimate of drug-likeness (QED) is 0.316. The van der Waals surface area contributed by atoms with Crippen LogP contribution in [-0.2, 0) is 26.7 Å². The number of amides is 3. The number of hydrogen-bond donors (Lipinski definition) is 0. The molecule has 0 bridgehead atoms. The lowest BCUT2D eigenvalue weighted by atomic mass is 9.77. The number of carbonyl (C=O) groups is 3. The van der Waals surface area contributed by atoms with Gasteiger partial charge in [-0.15, -0.1) is 0 Å². The molecule has 2 aromatic rings. The van der Waals surface area contributed by atoms with Gasteiger partial charge >= 0.3 is 12.4 Å². The summed E-state index contributed by atoms with van der Waals surface area (Å²) in [5, 5.41) is 0. The number of halogens is 7. The summed E-state index contributed by atoms with van der Waals surface area (Å²) in [6.45, 7) is 5.94. The van der Waals surface area contributed by atoms with Gasteiger partial charge in [-0.2, -0.15) is 26.3 Å². The van der Waals surface area contributed by atoms with Crippen LogP contribution < -0.4 is 0 Å². The van der Waals surface area contributed by atoms with E-state index < -0.39 is 59.0 Å². The highest BCUT2D eigenvalue weighted by Gasteiger charge is 2.42. The third kappa shape index (κ3) is 7.66. The van der Waals surface area contributed by atoms with Crippen molar-refractivity contribution in [2.45, 2.75) is 70.8 Å². The molecule has 2 aromatic carbocycles. The molecule has 0 spiro atoms. The Hall–Kier alpha value is -3.64. The van der Waals surface area contributed by atoms with E-state index in [2.05, 4.69) is 0 Å². The molecule has 2 aliphatic heterocycles. The first-order valence-corrected chi connectivity index (χ1v) is 15.3. The van der Waals surface area contributed by atoms with E-state index in [9.17, 15) is 45.1 Å². The van der Waals surface area contributed by atoms with Crippen molar-refractivity contribution in [3.05, 3.63) is 70.0 Å². The normalized spacial score (nSPS) is 21.6. The maximum atomic E-state index is 14.1. The summed E-state index contributed by atoms with van der Waals surface area (Å²) < 4.78 is 95.3. The highest BCUT2D eigenvalue weighted by Crippen LogP contribution is 2.40. The summed E-state index contributed by atoms with van der Waals surface area (Å²) in [6, 6.07) is 4.20. The molecule has 0 aliphatic carbocycles. The number of carbonyl (C=O) groups excluding carboxylic acids is 3. The van der Waals surface area contributed by atoms with E-state index in [0.717, 1.165) is 4.90 Å². The van der Waals surface area contributed by atoms with E-state index in [4.69, 9.17) is 0 Å². The first kappa shape index (κ1) is 35.2. The summed E-state index contributed by atoms with van der Waals surface area (Å²) in [7, 11) is 1.33. The first-order valence-electron chi connectivity index (χ1n) is 15.3. The van der Waals surface area contributed by atoms with Crippen molar-refractivity contribution in [2.24, 2.45) is 11.8 Å². The van der Waals surface area contributed by atoms with Crippen LogP contribution in [0.15, 0.2) is 36.4 Å². The average molecular weight is 658 g/mol. The summed E-state index contributed by atoms with van der Waals surface area (Å²) in [4.78, 5) is 44.5. The highest BCUT2D eigenvalue weighted by atomic mass is 19.4. The van der Waals surface area contributed by atoms with Gasteiger partial charge in [0.05, 0.1) is 23.1 Å². The molecule has 4 rings (SSSR count). The van der Waals surface area contributed by atoms with E-state index in [1.54, 1.807) is 23.6 Å². The largest absolute Gasteiger partial charge is 0.416 e. The molecule has 2 aliphatic rings. The van der Waals surface area contributed by atoms with Crippen LogP contribution in [0.3, 0.4) is 0 Å². The predicted octanol–water partition coefficient (Wildman–Crippen LogP) is 6.97. The van der Waals surface area contributed by atoms with Gasteiger partial charge in [-0.25, -0.2) is 4.39 Å². The van der Waals surface area contributed by atoms with E-state index in [1.807, 2.05) is 0 Å². The molecule has 2 fully saturated rings.